The van der Waals surface area contributed by atoms with Crippen LogP contribution in [0.1, 0.15) is 37.0 Å². The van der Waals surface area contributed by atoms with Crippen molar-refractivity contribution < 1.29 is 19.1 Å². The Bertz CT molecular complexity index is 600. The fourth-order valence-corrected chi connectivity index (χ4v) is 2.28. The molecule has 0 aromatic heterocycles. The highest BCUT2D eigenvalue weighted by Crippen LogP contribution is 2.37. The van der Waals surface area contributed by atoms with E-state index in [1.165, 1.54) is 0 Å². The average Bonchev–Trinajstić information content (AvgIpc) is 3.25. The maximum absolute atomic E-state index is 11.9. The summed E-state index contributed by atoms with van der Waals surface area (Å²) < 4.78 is 4.92. The number of rotatable bonds is 7. The van der Waals surface area contributed by atoms with Crippen LogP contribution in [0.2, 0.25) is 0 Å². The minimum absolute atomic E-state index is 0.0228. The summed E-state index contributed by atoms with van der Waals surface area (Å²) >= 11 is 0. The first-order chi connectivity index (χ1) is 11.0. The number of benzene rings is 1. The zero-order valence-corrected chi connectivity index (χ0v) is 13.4. The molecule has 1 fully saturated rings. The molecule has 6 heteroatoms. The standard InChI is InChI=1S/C17H22N2O4/c1-3-23-17(22)12-5-4-6-13(10-12)19-15(20)7-8-18-16(21)14-9-11(14)2/h4-6,10-11,14H,3,7-9H2,1-2H3,(H,18,21)(H,19,20). The smallest absolute Gasteiger partial charge is 0.338 e. The fourth-order valence-electron chi connectivity index (χ4n) is 2.28. The molecule has 2 atom stereocenters. The quantitative estimate of drug-likeness (QED) is 0.753. The summed E-state index contributed by atoms with van der Waals surface area (Å²) in [5.41, 5.74) is 0.920. The monoisotopic (exact) mass is 318 g/mol. The number of nitrogens with one attached hydrogen (secondary N) is 2. The van der Waals surface area contributed by atoms with Crippen molar-refractivity contribution in [3.63, 3.8) is 0 Å². The fraction of sp³-hybridized carbons (Fsp3) is 0.471. The van der Waals surface area contributed by atoms with Gasteiger partial charge in [-0.05, 0) is 37.5 Å². The van der Waals surface area contributed by atoms with Crippen molar-refractivity contribution in [3.8, 4) is 0 Å². The highest BCUT2D eigenvalue weighted by molar-refractivity contribution is 5.94. The van der Waals surface area contributed by atoms with Gasteiger partial charge in [-0.15, -0.1) is 0 Å². The van der Waals surface area contributed by atoms with E-state index < -0.39 is 5.97 Å². The summed E-state index contributed by atoms with van der Waals surface area (Å²) in [6.45, 7) is 4.38. The molecule has 0 radical (unpaired) electrons. The van der Waals surface area contributed by atoms with Crippen molar-refractivity contribution in [3.05, 3.63) is 29.8 Å². The predicted octanol–water partition coefficient (Wildman–Crippen LogP) is 1.96. The van der Waals surface area contributed by atoms with E-state index in [-0.39, 0.29) is 24.2 Å². The lowest BCUT2D eigenvalue weighted by atomic mass is 10.2. The number of carbonyl (C=O) groups is 3. The van der Waals surface area contributed by atoms with Gasteiger partial charge < -0.3 is 15.4 Å². The first kappa shape index (κ1) is 17.0. The first-order valence-electron chi connectivity index (χ1n) is 7.86. The number of carbonyl (C=O) groups excluding carboxylic acids is 3. The van der Waals surface area contributed by atoms with E-state index in [0.29, 0.717) is 30.3 Å². The van der Waals surface area contributed by atoms with E-state index in [4.69, 9.17) is 4.74 Å². The van der Waals surface area contributed by atoms with Crippen LogP contribution in [0.3, 0.4) is 0 Å². The van der Waals surface area contributed by atoms with Crippen LogP contribution in [0.15, 0.2) is 24.3 Å². The summed E-state index contributed by atoms with van der Waals surface area (Å²) in [5, 5.41) is 5.47. The van der Waals surface area contributed by atoms with Crippen LogP contribution in [-0.4, -0.2) is 30.9 Å². The van der Waals surface area contributed by atoms with E-state index in [2.05, 4.69) is 10.6 Å². The van der Waals surface area contributed by atoms with Gasteiger partial charge in [0, 0.05) is 24.6 Å². The summed E-state index contributed by atoms with van der Waals surface area (Å²) in [5.74, 6) is -0.0482. The molecule has 2 amide bonds. The second kappa shape index (κ2) is 7.76. The van der Waals surface area contributed by atoms with E-state index in [9.17, 15) is 14.4 Å². The Morgan fingerprint density at radius 1 is 1.30 bits per heavy atom. The summed E-state index contributed by atoms with van der Waals surface area (Å²) in [6, 6.07) is 6.58. The van der Waals surface area contributed by atoms with Crippen molar-refractivity contribution in [2.45, 2.75) is 26.7 Å². The third-order valence-electron chi connectivity index (χ3n) is 3.76. The molecular weight excluding hydrogens is 296 g/mol. The molecule has 2 unspecified atom stereocenters. The molecule has 0 bridgehead atoms. The van der Waals surface area contributed by atoms with Crippen molar-refractivity contribution in [1.82, 2.24) is 5.32 Å². The van der Waals surface area contributed by atoms with Crippen molar-refractivity contribution >= 4 is 23.5 Å². The second-order valence-electron chi connectivity index (χ2n) is 5.71. The third-order valence-corrected chi connectivity index (χ3v) is 3.76. The summed E-state index contributed by atoms with van der Waals surface area (Å²) in [7, 11) is 0. The molecule has 23 heavy (non-hydrogen) atoms. The molecule has 1 aliphatic rings. The Morgan fingerprint density at radius 2 is 2.04 bits per heavy atom. The molecular formula is C17H22N2O4. The van der Waals surface area contributed by atoms with Crippen LogP contribution in [0.25, 0.3) is 0 Å². The maximum atomic E-state index is 11.9. The normalized spacial score (nSPS) is 18.9. The molecule has 0 spiro atoms. The van der Waals surface area contributed by atoms with Gasteiger partial charge in [0.05, 0.1) is 12.2 Å². The highest BCUT2D eigenvalue weighted by atomic mass is 16.5. The van der Waals surface area contributed by atoms with E-state index in [0.717, 1.165) is 6.42 Å². The molecule has 2 N–H and O–H groups in total. The van der Waals surface area contributed by atoms with Gasteiger partial charge in [-0.2, -0.15) is 0 Å². The second-order valence-corrected chi connectivity index (χ2v) is 5.71. The molecule has 0 aliphatic heterocycles. The van der Waals surface area contributed by atoms with Gasteiger partial charge in [-0.1, -0.05) is 13.0 Å². The van der Waals surface area contributed by atoms with Gasteiger partial charge in [0.25, 0.3) is 0 Å². The Morgan fingerprint density at radius 3 is 2.70 bits per heavy atom. The van der Waals surface area contributed by atoms with Crippen LogP contribution in [0.4, 0.5) is 5.69 Å². The molecule has 1 aliphatic carbocycles. The van der Waals surface area contributed by atoms with Crippen LogP contribution >= 0.6 is 0 Å². The third kappa shape index (κ3) is 5.09. The van der Waals surface area contributed by atoms with E-state index in [1.54, 1.807) is 31.2 Å². The van der Waals surface area contributed by atoms with Crippen LogP contribution in [-0.2, 0) is 14.3 Å². The zero-order valence-electron chi connectivity index (χ0n) is 13.4. The summed E-state index contributed by atoms with van der Waals surface area (Å²) in [6.07, 6.45) is 1.12. The van der Waals surface area contributed by atoms with Crippen LogP contribution in [0.5, 0.6) is 0 Å². The SMILES string of the molecule is CCOC(=O)c1cccc(NC(=O)CCNC(=O)C2CC2C)c1. The number of amides is 2. The van der Waals surface area contributed by atoms with Crippen molar-refractivity contribution in [1.29, 1.82) is 0 Å². The molecule has 2 rings (SSSR count). The average molecular weight is 318 g/mol. The number of esters is 1. The van der Waals surface area contributed by atoms with Gasteiger partial charge in [-0.25, -0.2) is 4.79 Å². The highest BCUT2D eigenvalue weighted by Gasteiger charge is 2.38. The largest absolute Gasteiger partial charge is 0.462 e. The lowest BCUT2D eigenvalue weighted by Gasteiger charge is -2.08. The van der Waals surface area contributed by atoms with Gasteiger partial charge in [0.1, 0.15) is 0 Å². The number of hydrogen-bond donors (Lipinski definition) is 2. The molecule has 1 aromatic rings. The summed E-state index contributed by atoms with van der Waals surface area (Å²) in [4.78, 5) is 35.2. The van der Waals surface area contributed by atoms with Crippen molar-refractivity contribution in [2.75, 3.05) is 18.5 Å². The minimum Gasteiger partial charge on any atom is -0.462 e. The van der Waals surface area contributed by atoms with Crippen LogP contribution < -0.4 is 10.6 Å². The van der Waals surface area contributed by atoms with E-state index in [1.807, 2.05) is 6.92 Å². The maximum Gasteiger partial charge on any atom is 0.338 e. The molecule has 6 nitrogen and oxygen atoms in total. The lowest BCUT2D eigenvalue weighted by Crippen LogP contribution is -2.29. The molecule has 0 saturated heterocycles. The Labute approximate surface area is 135 Å². The van der Waals surface area contributed by atoms with Gasteiger partial charge in [0.2, 0.25) is 11.8 Å². The van der Waals surface area contributed by atoms with Crippen molar-refractivity contribution in [2.24, 2.45) is 11.8 Å². The van der Waals surface area contributed by atoms with Gasteiger partial charge in [0.15, 0.2) is 0 Å². The minimum atomic E-state index is -0.422. The topological polar surface area (TPSA) is 84.5 Å². The molecule has 1 saturated carbocycles. The molecule has 1 aromatic carbocycles. The molecule has 0 heterocycles. The number of anilines is 1. The van der Waals surface area contributed by atoms with E-state index >= 15 is 0 Å². The first-order valence-corrected chi connectivity index (χ1v) is 7.86. The lowest BCUT2D eigenvalue weighted by molar-refractivity contribution is -0.122. The zero-order chi connectivity index (χ0) is 16.8. The van der Waals surface area contributed by atoms with Gasteiger partial charge in [-0.3, -0.25) is 9.59 Å². The Hall–Kier alpha value is -2.37. The van der Waals surface area contributed by atoms with Crippen LogP contribution in [0, 0.1) is 11.8 Å². The molecule has 124 valence electrons. The Kier molecular flexibility index (Phi) is 5.73. The number of ether oxygens (including phenoxy) is 1. The Balaban J connectivity index is 1.77. The van der Waals surface area contributed by atoms with Gasteiger partial charge >= 0.3 is 5.97 Å². The number of hydrogen-bond acceptors (Lipinski definition) is 4. The predicted molar refractivity (Wildman–Crippen MR) is 85.9 cm³/mol.